The van der Waals surface area contributed by atoms with Crippen LogP contribution in [0, 0.1) is 6.92 Å². The van der Waals surface area contributed by atoms with Crippen LogP contribution >= 0.6 is 0 Å². The maximum atomic E-state index is 12.9. The van der Waals surface area contributed by atoms with E-state index in [4.69, 9.17) is 0 Å². The van der Waals surface area contributed by atoms with Gasteiger partial charge in [-0.2, -0.15) is 0 Å². The Balaban J connectivity index is 2.12. The maximum absolute atomic E-state index is 12.9. The van der Waals surface area contributed by atoms with Gasteiger partial charge < -0.3 is 9.72 Å². The lowest BCUT2D eigenvalue weighted by Gasteiger charge is -2.11. The molecule has 1 atom stereocenters. The van der Waals surface area contributed by atoms with Crippen LogP contribution in [-0.2, 0) is 4.79 Å². The highest BCUT2D eigenvalue weighted by Gasteiger charge is 2.25. The molecule has 0 aliphatic rings. The van der Waals surface area contributed by atoms with Gasteiger partial charge in [-0.25, -0.2) is 0 Å². The van der Waals surface area contributed by atoms with Crippen molar-refractivity contribution in [1.29, 1.82) is 0 Å². The summed E-state index contributed by atoms with van der Waals surface area (Å²) >= 11 is 0. The lowest BCUT2D eigenvalue weighted by atomic mass is 10.0. The Morgan fingerprint density at radius 2 is 1.84 bits per heavy atom. The third-order valence-electron chi connectivity index (χ3n) is 4.45. The summed E-state index contributed by atoms with van der Waals surface area (Å²) in [5.74, 6) is -1.08. The number of aryl methyl sites for hydroxylation is 1. The van der Waals surface area contributed by atoms with Gasteiger partial charge in [0.2, 0.25) is 0 Å². The van der Waals surface area contributed by atoms with E-state index in [1.54, 1.807) is 4.40 Å². The van der Waals surface area contributed by atoms with Crippen LogP contribution in [0.3, 0.4) is 0 Å². The van der Waals surface area contributed by atoms with Crippen LogP contribution in [0.15, 0.2) is 54.7 Å². The topological polar surface area (TPSA) is 50.6 Å². The highest BCUT2D eigenvalue weighted by molar-refractivity contribution is 6.43. The molecule has 128 valence electrons. The largest absolute Gasteiger partial charge is 0.347 e. The first-order valence-electron chi connectivity index (χ1n) is 8.53. The number of carbonyl (C=O) groups excluding carboxylic acids is 2. The first-order chi connectivity index (χ1) is 12.0. The molecule has 0 aliphatic carbocycles. The van der Waals surface area contributed by atoms with Crippen LogP contribution in [0.1, 0.15) is 36.3 Å². The van der Waals surface area contributed by atoms with Crippen LogP contribution in [0.25, 0.3) is 16.6 Å². The Morgan fingerprint density at radius 3 is 2.52 bits per heavy atom. The number of carbonyl (C=O) groups is 2. The van der Waals surface area contributed by atoms with Crippen molar-refractivity contribution in [2.24, 2.45) is 0 Å². The van der Waals surface area contributed by atoms with Crippen LogP contribution in [0.5, 0.6) is 0 Å². The van der Waals surface area contributed by atoms with E-state index >= 15 is 0 Å². The summed E-state index contributed by atoms with van der Waals surface area (Å²) in [5.41, 5.74) is 4.14. The number of aromatic nitrogens is 1. The molecule has 3 rings (SSSR count). The van der Waals surface area contributed by atoms with E-state index < -0.39 is 11.7 Å². The first kappa shape index (κ1) is 17.0. The minimum Gasteiger partial charge on any atom is -0.347 e. The quantitative estimate of drug-likeness (QED) is 0.566. The van der Waals surface area contributed by atoms with Crippen molar-refractivity contribution in [3.63, 3.8) is 0 Å². The van der Waals surface area contributed by atoms with Crippen LogP contribution in [0.2, 0.25) is 0 Å². The average molecular weight is 334 g/mol. The molecule has 0 aliphatic heterocycles. The number of nitrogens with one attached hydrogen (secondary N) is 1. The van der Waals surface area contributed by atoms with Gasteiger partial charge in [0.05, 0.1) is 0 Å². The Labute approximate surface area is 147 Å². The zero-order valence-corrected chi connectivity index (χ0v) is 14.7. The van der Waals surface area contributed by atoms with Gasteiger partial charge in [0.15, 0.2) is 0 Å². The van der Waals surface area contributed by atoms with E-state index in [1.165, 1.54) is 0 Å². The number of pyridine rings is 1. The molecule has 4 nitrogen and oxygen atoms in total. The third kappa shape index (κ3) is 3.33. The van der Waals surface area contributed by atoms with Crippen molar-refractivity contribution in [2.75, 3.05) is 0 Å². The Bertz CT molecular complexity index is 923. The fourth-order valence-corrected chi connectivity index (χ4v) is 2.81. The first-order valence-corrected chi connectivity index (χ1v) is 8.53. The fourth-order valence-electron chi connectivity index (χ4n) is 2.81. The van der Waals surface area contributed by atoms with Crippen molar-refractivity contribution < 1.29 is 9.59 Å². The number of rotatable bonds is 5. The van der Waals surface area contributed by atoms with E-state index in [2.05, 4.69) is 5.32 Å². The molecule has 2 aromatic heterocycles. The summed E-state index contributed by atoms with van der Waals surface area (Å²) in [6.07, 6.45) is 2.59. The monoisotopic (exact) mass is 334 g/mol. The predicted molar refractivity (Wildman–Crippen MR) is 99.8 cm³/mol. The van der Waals surface area contributed by atoms with Crippen molar-refractivity contribution in [1.82, 2.24) is 9.72 Å². The molecule has 0 saturated carbocycles. The highest BCUT2D eigenvalue weighted by atomic mass is 16.2. The summed E-state index contributed by atoms with van der Waals surface area (Å²) in [6, 6.07) is 15.6. The molecule has 0 spiro atoms. The van der Waals surface area contributed by atoms with Gasteiger partial charge in [0.25, 0.3) is 11.7 Å². The van der Waals surface area contributed by atoms with Gasteiger partial charge in [-0.15, -0.1) is 0 Å². The zero-order valence-electron chi connectivity index (χ0n) is 14.7. The Morgan fingerprint density at radius 1 is 1.12 bits per heavy atom. The van der Waals surface area contributed by atoms with E-state index in [0.717, 1.165) is 28.6 Å². The second kappa shape index (κ2) is 6.93. The van der Waals surface area contributed by atoms with E-state index in [1.807, 2.05) is 75.5 Å². The maximum Gasteiger partial charge on any atom is 0.294 e. The van der Waals surface area contributed by atoms with Crippen LogP contribution < -0.4 is 5.32 Å². The number of ketones is 1. The lowest BCUT2D eigenvalue weighted by Crippen LogP contribution is -2.37. The van der Waals surface area contributed by atoms with Gasteiger partial charge in [0, 0.05) is 23.3 Å². The normalized spacial score (nSPS) is 12.1. The smallest absolute Gasteiger partial charge is 0.294 e. The fraction of sp³-hybridized carbons (Fsp3) is 0.238. The Hall–Kier alpha value is -2.88. The highest BCUT2D eigenvalue weighted by Crippen LogP contribution is 2.28. The molecular weight excluding hydrogens is 312 g/mol. The third-order valence-corrected chi connectivity index (χ3v) is 4.45. The summed E-state index contributed by atoms with van der Waals surface area (Å²) in [6.45, 7) is 5.88. The minimum absolute atomic E-state index is 0.0366. The van der Waals surface area contributed by atoms with Crippen molar-refractivity contribution in [3.8, 4) is 11.1 Å². The Kier molecular flexibility index (Phi) is 4.70. The zero-order chi connectivity index (χ0) is 18.0. The van der Waals surface area contributed by atoms with Crippen LogP contribution in [-0.4, -0.2) is 22.1 Å². The van der Waals surface area contributed by atoms with Gasteiger partial charge in [0.1, 0.15) is 5.69 Å². The van der Waals surface area contributed by atoms with E-state index in [9.17, 15) is 9.59 Å². The molecule has 0 fully saturated rings. The van der Waals surface area contributed by atoms with E-state index in [-0.39, 0.29) is 6.04 Å². The summed E-state index contributed by atoms with van der Waals surface area (Å²) < 4.78 is 1.79. The number of hydrogen-bond acceptors (Lipinski definition) is 2. The molecule has 4 heteroatoms. The van der Waals surface area contributed by atoms with Gasteiger partial charge in [-0.1, -0.05) is 42.8 Å². The molecule has 0 bridgehead atoms. The molecule has 1 amide bonds. The molecular formula is C21H22N2O2. The van der Waals surface area contributed by atoms with Crippen LogP contribution in [0.4, 0.5) is 0 Å². The minimum atomic E-state index is -0.563. The summed E-state index contributed by atoms with van der Waals surface area (Å²) in [7, 11) is 0. The molecule has 0 unspecified atom stereocenters. The molecule has 0 saturated heterocycles. The number of nitrogens with zero attached hydrogens (tertiary/aromatic N) is 1. The molecule has 25 heavy (non-hydrogen) atoms. The van der Waals surface area contributed by atoms with Gasteiger partial charge >= 0.3 is 0 Å². The second-order valence-electron chi connectivity index (χ2n) is 6.38. The summed E-state index contributed by atoms with van der Waals surface area (Å²) in [5, 5.41) is 2.77. The van der Waals surface area contributed by atoms with Gasteiger partial charge in [-0.3, -0.25) is 9.59 Å². The molecule has 3 aromatic rings. The predicted octanol–water partition coefficient (Wildman–Crippen LogP) is 4.01. The van der Waals surface area contributed by atoms with Crippen molar-refractivity contribution in [3.05, 3.63) is 66.0 Å². The number of fused-ring (bicyclic) bond motifs is 1. The SMILES string of the molecule is CC[C@@H](C)NC(=O)C(=O)c1c(-c2ccc(C)cc2)cc2ccccn12. The molecule has 1 aromatic carbocycles. The van der Waals surface area contributed by atoms with Gasteiger partial charge in [-0.05, 0) is 44.0 Å². The molecule has 2 heterocycles. The van der Waals surface area contributed by atoms with Crippen molar-refractivity contribution >= 4 is 17.2 Å². The van der Waals surface area contributed by atoms with Crippen molar-refractivity contribution in [2.45, 2.75) is 33.2 Å². The second-order valence-corrected chi connectivity index (χ2v) is 6.38. The molecule has 1 N–H and O–H groups in total. The standard InChI is InChI=1S/C21H22N2O2/c1-4-15(3)22-21(25)20(24)19-18(16-10-8-14(2)9-11-16)13-17-7-5-6-12-23(17)19/h5-13,15H,4H2,1-3H3,(H,22,25)/t15-/m1/s1. The number of Topliss-reactive ketones (excluding diaryl/α,β-unsaturated/α-hetero) is 1. The summed E-state index contributed by atoms with van der Waals surface area (Å²) in [4.78, 5) is 25.3. The average Bonchev–Trinajstić information content (AvgIpc) is 3.00. The lowest BCUT2D eigenvalue weighted by molar-refractivity contribution is -0.117. The number of benzene rings is 1. The number of amides is 1. The number of hydrogen-bond donors (Lipinski definition) is 1. The molecule has 0 radical (unpaired) electrons. The van der Waals surface area contributed by atoms with E-state index in [0.29, 0.717) is 5.69 Å².